The first-order valence-corrected chi connectivity index (χ1v) is 7.27. The molecular formula is C16H26N2. The molecule has 1 aromatic rings. The van der Waals surface area contributed by atoms with Crippen molar-refractivity contribution < 1.29 is 0 Å². The van der Waals surface area contributed by atoms with E-state index in [9.17, 15) is 0 Å². The molecule has 0 saturated carbocycles. The smallest absolute Gasteiger partial charge is 0.0348 e. The summed E-state index contributed by atoms with van der Waals surface area (Å²) in [7, 11) is 0. The molecule has 1 heterocycles. The topological polar surface area (TPSA) is 29.3 Å². The monoisotopic (exact) mass is 246 g/mol. The van der Waals surface area contributed by atoms with Gasteiger partial charge < -0.3 is 5.73 Å². The van der Waals surface area contributed by atoms with E-state index in [1.165, 1.54) is 31.4 Å². The Morgan fingerprint density at radius 2 is 2.06 bits per heavy atom. The lowest BCUT2D eigenvalue weighted by atomic mass is 10.00. The Hall–Kier alpha value is -0.860. The molecule has 0 aliphatic carbocycles. The zero-order chi connectivity index (χ0) is 13.0. The van der Waals surface area contributed by atoms with Crippen LogP contribution in [0.15, 0.2) is 30.3 Å². The second-order valence-electron chi connectivity index (χ2n) is 5.62. The second-order valence-corrected chi connectivity index (χ2v) is 5.62. The summed E-state index contributed by atoms with van der Waals surface area (Å²) in [5.74, 6) is 0.674. The van der Waals surface area contributed by atoms with E-state index in [4.69, 9.17) is 5.73 Å². The first-order chi connectivity index (χ1) is 8.72. The Bertz CT molecular complexity index is 347. The zero-order valence-corrected chi connectivity index (χ0v) is 11.7. The summed E-state index contributed by atoms with van der Waals surface area (Å²) in [6.45, 7) is 6.78. The SMILES string of the molecule is CCCC(c1ccccc1)N1CCC(C(C)N)C1. The lowest BCUT2D eigenvalue weighted by Gasteiger charge is -2.28. The van der Waals surface area contributed by atoms with E-state index in [2.05, 4.69) is 49.1 Å². The molecule has 0 aromatic heterocycles. The zero-order valence-electron chi connectivity index (χ0n) is 11.7. The average Bonchev–Trinajstić information content (AvgIpc) is 2.86. The van der Waals surface area contributed by atoms with Crippen LogP contribution in [-0.2, 0) is 0 Å². The van der Waals surface area contributed by atoms with Gasteiger partial charge in [0, 0.05) is 18.6 Å². The van der Waals surface area contributed by atoms with Crippen molar-refractivity contribution in [2.45, 2.75) is 45.2 Å². The molecule has 100 valence electrons. The molecule has 3 atom stereocenters. The number of rotatable bonds is 5. The molecule has 1 aromatic carbocycles. The summed E-state index contributed by atoms with van der Waals surface area (Å²) < 4.78 is 0. The maximum atomic E-state index is 6.05. The Morgan fingerprint density at radius 3 is 2.61 bits per heavy atom. The molecule has 1 aliphatic rings. The normalized spacial score (nSPS) is 24.1. The van der Waals surface area contributed by atoms with Crippen LogP contribution in [0.1, 0.15) is 44.7 Å². The van der Waals surface area contributed by atoms with Gasteiger partial charge in [0.25, 0.3) is 0 Å². The highest BCUT2D eigenvalue weighted by molar-refractivity contribution is 5.19. The third-order valence-corrected chi connectivity index (χ3v) is 4.19. The highest BCUT2D eigenvalue weighted by atomic mass is 15.2. The van der Waals surface area contributed by atoms with Crippen molar-refractivity contribution in [3.63, 3.8) is 0 Å². The molecule has 2 heteroatoms. The summed E-state index contributed by atoms with van der Waals surface area (Å²) in [6.07, 6.45) is 3.74. The number of nitrogens with zero attached hydrogens (tertiary/aromatic N) is 1. The summed E-state index contributed by atoms with van der Waals surface area (Å²) in [5.41, 5.74) is 7.51. The van der Waals surface area contributed by atoms with Crippen LogP contribution < -0.4 is 5.73 Å². The fraction of sp³-hybridized carbons (Fsp3) is 0.625. The lowest BCUT2D eigenvalue weighted by molar-refractivity contribution is 0.220. The van der Waals surface area contributed by atoms with Crippen molar-refractivity contribution in [2.75, 3.05) is 13.1 Å². The van der Waals surface area contributed by atoms with E-state index < -0.39 is 0 Å². The van der Waals surface area contributed by atoms with Gasteiger partial charge in [-0.2, -0.15) is 0 Å². The van der Waals surface area contributed by atoms with Crippen LogP contribution in [0.2, 0.25) is 0 Å². The van der Waals surface area contributed by atoms with Gasteiger partial charge in [0.15, 0.2) is 0 Å². The van der Waals surface area contributed by atoms with Crippen LogP contribution in [0.4, 0.5) is 0 Å². The first kappa shape index (κ1) is 13.6. The maximum absolute atomic E-state index is 6.05. The molecule has 0 radical (unpaired) electrons. The van der Waals surface area contributed by atoms with Gasteiger partial charge in [-0.15, -0.1) is 0 Å². The third-order valence-electron chi connectivity index (χ3n) is 4.19. The Kier molecular flexibility index (Phi) is 4.79. The van der Waals surface area contributed by atoms with Crippen LogP contribution in [-0.4, -0.2) is 24.0 Å². The fourth-order valence-corrected chi connectivity index (χ4v) is 3.04. The predicted octanol–water partition coefficient (Wildman–Crippen LogP) is 3.20. The molecule has 2 N–H and O–H groups in total. The van der Waals surface area contributed by atoms with Gasteiger partial charge in [-0.1, -0.05) is 43.7 Å². The van der Waals surface area contributed by atoms with Gasteiger partial charge in [0.1, 0.15) is 0 Å². The number of hydrogen-bond donors (Lipinski definition) is 1. The molecule has 0 bridgehead atoms. The molecule has 2 rings (SSSR count). The lowest BCUT2D eigenvalue weighted by Crippen LogP contribution is -2.31. The van der Waals surface area contributed by atoms with E-state index in [1.54, 1.807) is 0 Å². The number of benzene rings is 1. The summed E-state index contributed by atoms with van der Waals surface area (Å²) in [4.78, 5) is 2.63. The Balaban J connectivity index is 2.07. The standard InChI is InChI=1S/C16H26N2/c1-3-7-16(14-8-5-4-6-9-14)18-11-10-15(12-18)13(2)17/h4-6,8-9,13,15-16H,3,7,10-12,17H2,1-2H3. The average molecular weight is 246 g/mol. The van der Waals surface area contributed by atoms with Gasteiger partial charge in [-0.3, -0.25) is 4.90 Å². The van der Waals surface area contributed by atoms with Crippen molar-refractivity contribution in [1.29, 1.82) is 0 Å². The molecule has 0 amide bonds. The number of nitrogens with two attached hydrogens (primary N) is 1. The number of hydrogen-bond acceptors (Lipinski definition) is 2. The molecular weight excluding hydrogens is 220 g/mol. The van der Waals surface area contributed by atoms with Gasteiger partial charge in [0.05, 0.1) is 0 Å². The number of likely N-dealkylation sites (tertiary alicyclic amines) is 1. The van der Waals surface area contributed by atoms with Gasteiger partial charge in [-0.05, 0) is 37.8 Å². The minimum absolute atomic E-state index is 0.327. The van der Waals surface area contributed by atoms with Crippen LogP contribution in [0.3, 0.4) is 0 Å². The quantitative estimate of drug-likeness (QED) is 0.864. The molecule has 1 fully saturated rings. The maximum Gasteiger partial charge on any atom is 0.0348 e. The third kappa shape index (κ3) is 3.12. The highest BCUT2D eigenvalue weighted by Crippen LogP contribution is 2.31. The van der Waals surface area contributed by atoms with E-state index in [0.717, 1.165) is 6.54 Å². The van der Waals surface area contributed by atoms with Gasteiger partial charge in [-0.25, -0.2) is 0 Å². The molecule has 1 aliphatic heterocycles. The van der Waals surface area contributed by atoms with Gasteiger partial charge in [0.2, 0.25) is 0 Å². The van der Waals surface area contributed by atoms with Crippen molar-refractivity contribution in [3.8, 4) is 0 Å². The Morgan fingerprint density at radius 1 is 1.33 bits per heavy atom. The van der Waals surface area contributed by atoms with Crippen molar-refractivity contribution in [3.05, 3.63) is 35.9 Å². The fourth-order valence-electron chi connectivity index (χ4n) is 3.04. The van der Waals surface area contributed by atoms with Crippen LogP contribution >= 0.6 is 0 Å². The van der Waals surface area contributed by atoms with Gasteiger partial charge >= 0.3 is 0 Å². The molecule has 1 saturated heterocycles. The van der Waals surface area contributed by atoms with E-state index in [1.807, 2.05) is 0 Å². The van der Waals surface area contributed by atoms with Crippen LogP contribution in [0.5, 0.6) is 0 Å². The largest absolute Gasteiger partial charge is 0.328 e. The molecule has 18 heavy (non-hydrogen) atoms. The Labute approximate surface area is 111 Å². The summed E-state index contributed by atoms with van der Waals surface area (Å²) >= 11 is 0. The molecule has 2 nitrogen and oxygen atoms in total. The molecule has 0 spiro atoms. The molecule has 3 unspecified atom stereocenters. The first-order valence-electron chi connectivity index (χ1n) is 7.27. The van der Waals surface area contributed by atoms with Crippen molar-refractivity contribution in [2.24, 2.45) is 11.7 Å². The minimum Gasteiger partial charge on any atom is -0.328 e. The summed E-state index contributed by atoms with van der Waals surface area (Å²) in [6, 6.07) is 11.8. The second kappa shape index (κ2) is 6.35. The van der Waals surface area contributed by atoms with Crippen molar-refractivity contribution in [1.82, 2.24) is 4.90 Å². The van der Waals surface area contributed by atoms with E-state index in [0.29, 0.717) is 18.0 Å². The minimum atomic E-state index is 0.327. The highest BCUT2D eigenvalue weighted by Gasteiger charge is 2.30. The van der Waals surface area contributed by atoms with E-state index >= 15 is 0 Å². The van der Waals surface area contributed by atoms with Crippen LogP contribution in [0.25, 0.3) is 0 Å². The summed E-state index contributed by atoms with van der Waals surface area (Å²) in [5, 5.41) is 0. The predicted molar refractivity (Wildman–Crippen MR) is 77.4 cm³/mol. The van der Waals surface area contributed by atoms with Crippen molar-refractivity contribution >= 4 is 0 Å². The van der Waals surface area contributed by atoms with E-state index in [-0.39, 0.29) is 0 Å². The van der Waals surface area contributed by atoms with Crippen LogP contribution in [0, 0.1) is 5.92 Å².